The van der Waals surface area contributed by atoms with Gasteiger partial charge in [0.2, 0.25) is 0 Å². The Bertz CT molecular complexity index is 667. The van der Waals surface area contributed by atoms with Gasteiger partial charge in [0.05, 0.1) is 0 Å². The number of hydrogen-bond donors (Lipinski definition) is 2. The molecular formula is C11H13N5O3S2. The molecule has 0 atom stereocenters. The summed E-state index contributed by atoms with van der Waals surface area (Å²) in [6.45, 7) is 3.89. The molecule has 2 rings (SSSR count). The van der Waals surface area contributed by atoms with Crippen molar-refractivity contribution in [3.05, 3.63) is 17.4 Å². The molecule has 0 radical (unpaired) electrons. The fourth-order valence-electron chi connectivity index (χ4n) is 1.42. The van der Waals surface area contributed by atoms with Crippen molar-refractivity contribution in [1.82, 2.24) is 20.4 Å². The van der Waals surface area contributed by atoms with Crippen LogP contribution >= 0.6 is 23.1 Å². The Morgan fingerprint density at radius 3 is 2.67 bits per heavy atom. The molecule has 0 saturated carbocycles. The molecule has 0 bridgehead atoms. The van der Waals surface area contributed by atoms with E-state index in [-0.39, 0.29) is 17.5 Å². The van der Waals surface area contributed by atoms with Crippen LogP contribution in [-0.2, 0) is 0 Å². The Balaban J connectivity index is 2.24. The van der Waals surface area contributed by atoms with Crippen LogP contribution in [0.2, 0.25) is 0 Å². The maximum atomic E-state index is 12.0. The fourth-order valence-corrected chi connectivity index (χ4v) is 2.87. The zero-order chi connectivity index (χ0) is 15.4. The number of carbonyl (C=O) groups is 2. The van der Waals surface area contributed by atoms with Gasteiger partial charge in [-0.2, -0.15) is 4.98 Å². The van der Waals surface area contributed by atoms with E-state index in [0.717, 1.165) is 0 Å². The number of rotatable bonds is 5. The molecule has 0 aliphatic rings. The van der Waals surface area contributed by atoms with Gasteiger partial charge in [0, 0.05) is 6.54 Å². The zero-order valence-corrected chi connectivity index (χ0v) is 13.2. The van der Waals surface area contributed by atoms with Crippen LogP contribution < -0.4 is 10.6 Å². The van der Waals surface area contributed by atoms with E-state index in [9.17, 15) is 9.59 Å². The summed E-state index contributed by atoms with van der Waals surface area (Å²) in [6.07, 6.45) is 1.84. The first-order valence-corrected chi connectivity index (χ1v) is 8.04. The molecule has 8 nitrogen and oxygen atoms in total. The standard InChI is InChI=1S/C11H13N5O3S2/c1-4-12-7(17)6-10(21-11(14-6)20-3)15-8(18)9-13-5(2)16-19-9/h4H2,1-3H3,(H,12,17)(H,15,18). The molecule has 2 aromatic heterocycles. The molecule has 112 valence electrons. The van der Waals surface area contributed by atoms with Crippen molar-refractivity contribution in [2.24, 2.45) is 0 Å². The van der Waals surface area contributed by atoms with E-state index in [1.54, 1.807) is 13.8 Å². The molecule has 0 aliphatic heterocycles. The first-order valence-electron chi connectivity index (χ1n) is 5.99. The van der Waals surface area contributed by atoms with E-state index < -0.39 is 5.91 Å². The Morgan fingerprint density at radius 2 is 2.10 bits per heavy atom. The molecule has 0 spiro atoms. The maximum Gasteiger partial charge on any atom is 0.316 e. The minimum absolute atomic E-state index is 0.159. The van der Waals surface area contributed by atoms with Crippen LogP contribution in [0.25, 0.3) is 0 Å². The second-order valence-electron chi connectivity index (χ2n) is 3.82. The number of nitrogens with zero attached hydrogens (tertiary/aromatic N) is 3. The van der Waals surface area contributed by atoms with E-state index >= 15 is 0 Å². The van der Waals surface area contributed by atoms with Crippen LogP contribution in [0.1, 0.15) is 33.9 Å². The topological polar surface area (TPSA) is 110 Å². The highest BCUT2D eigenvalue weighted by Gasteiger charge is 2.22. The van der Waals surface area contributed by atoms with Crippen molar-refractivity contribution in [1.29, 1.82) is 0 Å². The van der Waals surface area contributed by atoms with Crippen molar-refractivity contribution >= 4 is 39.9 Å². The van der Waals surface area contributed by atoms with Gasteiger partial charge in [-0.3, -0.25) is 9.59 Å². The quantitative estimate of drug-likeness (QED) is 0.802. The third-order valence-corrected chi connectivity index (χ3v) is 4.24. The second kappa shape index (κ2) is 6.68. The number of carbonyl (C=O) groups excluding carboxylic acids is 2. The predicted molar refractivity (Wildman–Crippen MR) is 78.9 cm³/mol. The van der Waals surface area contributed by atoms with Gasteiger partial charge in [0.1, 0.15) is 5.00 Å². The molecule has 0 aromatic carbocycles. The van der Waals surface area contributed by atoms with Crippen molar-refractivity contribution < 1.29 is 14.1 Å². The highest BCUT2D eigenvalue weighted by molar-refractivity contribution is 8.00. The van der Waals surface area contributed by atoms with Crippen molar-refractivity contribution in [3.63, 3.8) is 0 Å². The van der Waals surface area contributed by atoms with Crippen molar-refractivity contribution in [3.8, 4) is 0 Å². The maximum absolute atomic E-state index is 12.0. The molecule has 2 amide bonds. The number of aromatic nitrogens is 3. The van der Waals surface area contributed by atoms with E-state index in [4.69, 9.17) is 4.52 Å². The number of thiazole rings is 1. The molecule has 0 fully saturated rings. The van der Waals surface area contributed by atoms with Crippen molar-refractivity contribution in [2.75, 3.05) is 18.1 Å². The number of anilines is 1. The van der Waals surface area contributed by atoms with Gasteiger partial charge < -0.3 is 15.2 Å². The van der Waals surface area contributed by atoms with Crippen LogP contribution in [-0.4, -0.2) is 39.7 Å². The molecular weight excluding hydrogens is 314 g/mol. The molecule has 21 heavy (non-hydrogen) atoms. The largest absolute Gasteiger partial charge is 0.351 e. The summed E-state index contributed by atoms with van der Waals surface area (Å²) in [7, 11) is 0. The minimum Gasteiger partial charge on any atom is -0.351 e. The number of thioether (sulfide) groups is 1. The van der Waals surface area contributed by atoms with Gasteiger partial charge in [-0.1, -0.05) is 28.3 Å². The summed E-state index contributed by atoms with van der Waals surface area (Å²) in [6, 6.07) is 0. The number of aryl methyl sites for hydroxylation is 1. The molecule has 2 heterocycles. The highest BCUT2D eigenvalue weighted by Crippen LogP contribution is 2.30. The lowest BCUT2D eigenvalue weighted by molar-refractivity contribution is 0.0952. The first-order chi connectivity index (χ1) is 10.0. The summed E-state index contributed by atoms with van der Waals surface area (Å²) in [5.74, 6) is -0.713. The molecule has 2 aromatic rings. The van der Waals surface area contributed by atoms with Gasteiger partial charge in [-0.15, -0.1) is 0 Å². The SMILES string of the molecule is CCNC(=O)c1nc(SC)sc1NC(=O)c1nc(C)no1. The van der Waals surface area contributed by atoms with Gasteiger partial charge in [-0.05, 0) is 20.1 Å². The molecule has 2 N–H and O–H groups in total. The van der Waals surface area contributed by atoms with Crippen LogP contribution in [0.3, 0.4) is 0 Å². The van der Waals surface area contributed by atoms with Gasteiger partial charge in [0.15, 0.2) is 15.9 Å². The molecule has 0 saturated heterocycles. The first kappa shape index (κ1) is 15.4. The monoisotopic (exact) mass is 327 g/mol. The van der Waals surface area contributed by atoms with Crippen LogP contribution in [0.5, 0.6) is 0 Å². The third kappa shape index (κ3) is 3.58. The zero-order valence-electron chi connectivity index (χ0n) is 11.6. The molecule has 0 unspecified atom stereocenters. The summed E-state index contributed by atoms with van der Waals surface area (Å²) < 4.78 is 5.46. The third-order valence-electron chi connectivity index (χ3n) is 2.28. The predicted octanol–water partition coefficient (Wildman–Crippen LogP) is 1.56. The van der Waals surface area contributed by atoms with E-state index in [0.29, 0.717) is 21.7 Å². The number of amides is 2. The number of hydrogen-bond acceptors (Lipinski definition) is 8. The average molecular weight is 327 g/mol. The lowest BCUT2D eigenvalue weighted by Crippen LogP contribution is -2.24. The Hall–Kier alpha value is -1.94. The van der Waals surface area contributed by atoms with Crippen LogP contribution in [0, 0.1) is 6.92 Å². The Morgan fingerprint density at radius 1 is 1.33 bits per heavy atom. The Labute approximate surface area is 128 Å². The van der Waals surface area contributed by atoms with Gasteiger partial charge >= 0.3 is 11.8 Å². The van der Waals surface area contributed by atoms with E-state index in [1.165, 1.54) is 23.1 Å². The van der Waals surface area contributed by atoms with Crippen LogP contribution in [0.15, 0.2) is 8.86 Å². The minimum atomic E-state index is -0.572. The summed E-state index contributed by atoms with van der Waals surface area (Å²) >= 11 is 2.60. The fraction of sp³-hybridized carbons (Fsp3) is 0.364. The summed E-state index contributed by atoms with van der Waals surface area (Å²) in [5.41, 5.74) is 0.177. The lowest BCUT2D eigenvalue weighted by atomic mass is 10.4. The summed E-state index contributed by atoms with van der Waals surface area (Å²) in [4.78, 5) is 31.9. The molecule has 10 heteroatoms. The van der Waals surface area contributed by atoms with Gasteiger partial charge in [-0.25, -0.2) is 4.98 Å². The van der Waals surface area contributed by atoms with E-state index in [2.05, 4.69) is 25.8 Å². The average Bonchev–Trinajstić information content (AvgIpc) is 3.05. The molecule has 0 aliphatic carbocycles. The highest BCUT2D eigenvalue weighted by atomic mass is 32.2. The smallest absolute Gasteiger partial charge is 0.316 e. The lowest BCUT2D eigenvalue weighted by Gasteiger charge is -2.02. The summed E-state index contributed by atoms with van der Waals surface area (Å²) in [5, 5.41) is 9.13. The van der Waals surface area contributed by atoms with E-state index in [1.807, 2.05) is 6.26 Å². The van der Waals surface area contributed by atoms with Gasteiger partial charge in [0.25, 0.3) is 5.91 Å². The Kier molecular flexibility index (Phi) is 4.91. The second-order valence-corrected chi connectivity index (χ2v) is 5.87. The van der Waals surface area contributed by atoms with Crippen molar-refractivity contribution in [2.45, 2.75) is 18.2 Å². The van der Waals surface area contributed by atoms with Crippen LogP contribution in [0.4, 0.5) is 5.00 Å². The number of nitrogens with one attached hydrogen (secondary N) is 2. The normalized spacial score (nSPS) is 10.4.